The van der Waals surface area contributed by atoms with Crippen molar-refractivity contribution in [3.8, 4) is 0 Å². The molecule has 0 bridgehead atoms. The molecule has 1 aromatic carbocycles. The normalized spacial score (nSPS) is 12.3. The summed E-state index contributed by atoms with van der Waals surface area (Å²) in [6.07, 6.45) is -0.791. The molecule has 124 valence electrons. The van der Waals surface area contributed by atoms with Crippen LogP contribution in [-0.4, -0.2) is 29.3 Å². The molecule has 8 heteroatoms. The average Bonchev–Trinajstić information content (AvgIpc) is 3.03. The van der Waals surface area contributed by atoms with Crippen LogP contribution in [0.2, 0.25) is 0 Å². The molecule has 2 N–H and O–H groups in total. The lowest BCUT2D eigenvalue weighted by Crippen LogP contribution is -2.38. The summed E-state index contributed by atoms with van der Waals surface area (Å²) in [4.78, 5) is 4.04. The van der Waals surface area contributed by atoms with Crippen LogP contribution >= 0.6 is 0 Å². The zero-order valence-electron chi connectivity index (χ0n) is 12.6. The minimum absolute atomic E-state index is 0.255. The number of halogens is 3. The first-order valence-corrected chi connectivity index (χ1v) is 7.07. The van der Waals surface area contributed by atoms with E-state index < -0.39 is 11.7 Å². The van der Waals surface area contributed by atoms with Crippen molar-refractivity contribution in [3.05, 3.63) is 53.9 Å². The van der Waals surface area contributed by atoms with Gasteiger partial charge in [-0.05, 0) is 23.8 Å². The second-order valence-corrected chi connectivity index (χ2v) is 4.82. The molecule has 0 amide bonds. The summed E-state index contributed by atoms with van der Waals surface area (Å²) in [7, 11) is 1.61. The Hall–Kier alpha value is -2.51. The first-order valence-electron chi connectivity index (χ1n) is 7.07. The highest BCUT2D eigenvalue weighted by Crippen LogP contribution is 2.29. The Bertz CT molecular complexity index is 635. The van der Waals surface area contributed by atoms with Gasteiger partial charge in [-0.2, -0.15) is 18.3 Å². The highest BCUT2D eigenvalue weighted by molar-refractivity contribution is 5.79. The fourth-order valence-corrected chi connectivity index (χ4v) is 1.99. The van der Waals surface area contributed by atoms with Crippen molar-refractivity contribution in [3.63, 3.8) is 0 Å². The van der Waals surface area contributed by atoms with Gasteiger partial charge in [-0.15, -0.1) is 0 Å². The van der Waals surface area contributed by atoms with Crippen LogP contribution in [0.4, 0.5) is 13.2 Å². The zero-order valence-corrected chi connectivity index (χ0v) is 12.6. The molecule has 0 aliphatic carbocycles. The number of guanidine groups is 1. The molecule has 0 atom stereocenters. The maximum atomic E-state index is 12.7. The number of benzene rings is 1. The number of rotatable bonds is 5. The van der Waals surface area contributed by atoms with E-state index in [1.54, 1.807) is 24.0 Å². The summed E-state index contributed by atoms with van der Waals surface area (Å²) in [5, 5.41) is 10.1. The highest BCUT2D eigenvalue weighted by Gasteiger charge is 2.30. The summed E-state index contributed by atoms with van der Waals surface area (Å²) >= 11 is 0. The third-order valence-corrected chi connectivity index (χ3v) is 3.13. The van der Waals surface area contributed by atoms with E-state index in [0.717, 1.165) is 12.1 Å². The second-order valence-electron chi connectivity index (χ2n) is 4.82. The van der Waals surface area contributed by atoms with E-state index in [-0.39, 0.29) is 6.54 Å². The number of hydrogen-bond donors (Lipinski definition) is 2. The lowest BCUT2D eigenvalue weighted by atomic mass is 10.1. The molecule has 0 saturated carbocycles. The molecular formula is C15H18F3N5. The van der Waals surface area contributed by atoms with Crippen LogP contribution in [0.15, 0.2) is 47.7 Å². The molecule has 2 aromatic rings. The highest BCUT2D eigenvalue weighted by atomic mass is 19.4. The van der Waals surface area contributed by atoms with E-state index in [1.165, 1.54) is 6.07 Å². The number of aliphatic imine (C=N–C) groups is 1. The van der Waals surface area contributed by atoms with Gasteiger partial charge in [0.05, 0.1) is 12.1 Å². The predicted octanol–water partition coefficient (Wildman–Crippen LogP) is 2.27. The lowest BCUT2D eigenvalue weighted by molar-refractivity contribution is -0.137. The molecule has 0 unspecified atom stereocenters. The maximum absolute atomic E-state index is 12.7. The topological polar surface area (TPSA) is 54.2 Å². The van der Waals surface area contributed by atoms with Gasteiger partial charge >= 0.3 is 6.18 Å². The SMILES string of the molecule is CN=C(NCCn1cccn1)NCc1cccc(C(F)(F)F)c1. The lowest BCUT2D eigenvalue weighted by Gasteiger charge is -2.13. The largest absolute Gasteiger partial charge is 0.416 e. The van der Waals surface area contributed by atoms with Crippen molar-refractivity contribution in [2.75, 3.05) is 13.6 Å². The quantitative estimate of drug-likeness (QED) is 0.655. The number of hydrogen-bond acceptors (Lipinski definition) is 2. The van der Waals surface area contributed by atoms with Crippen molar-refractivity contribution in [1.82, 2.24) is 20.4 Å². The summed E-state index contributed by atoms with van der Waals surface area (Å²) < 4.78 is 39.8. The number of aromatic nitrogens is 2. The first kappa shape index (κ1) is 16.9. The van der Waals surface area contributed by atoms with Crippen LogP contribution in [0, 0.1) is 0 Å². The van der Waals surface area contributed by atoms with Gasteiger partial charge in [0.2, 0.25) is 0 Å². The Morgan fingerprint density at radius 2 is 2.09 bits per heavy atom. The molecule has 5 nitrogen and oxygen atoms in total. The fraction of sp³-hybridized carbons (Fsp3) is 0.333. The van der Waals surface area contributed by atoms with Crippen LogP contribution in [0.3, 0.4) is 0 Å². The van der Waals surface area contributed by atoms with Gasteiger partial charge in [0.1, 0.15) is 0 Å². The van der Waals surface area contributed by atoms with Crippen molar-refractivity contribution < 1.29 is 13.2 Å². The van der Waals surface area contributed by atoms with Crippen LogP contribution in [0.1, 0.15) is 11.1 Å². The Morgan fingerprint density at radius 3 is 2.74 bits per heavy atom. The van der Waals surface area contributed by atoms with Crippen LogP contribution in [0.5, 0.6) is 0 Å². The molecule has 0 fully saturated rings. The van der Waals surface area contributed by atoms with Gasteiger partial charge in [-0.1, -0.05) is 12.1 Å². The van der Waals surface area contributed by atoms with Gasteiger partial charge < -0.3 is 10.6 Å². The van der Waals surface area contributed by atoms with Crippen LogP contribution in [0.25, 0.3) is 0 Å². The van der Waals surface area contributed by atoms with Crippen molar-refractivity contribution in [1.29, 1.82) is 0 Å². The molecule has 0 aliphatic rings. The number of nitrogens with one attached hydrogen (secondary N) is 2. The van der Waals surface area contributed by atoms with Gasteiger partial charge in [-0.25, -0.2) is 0 Å². The fourth-order valence-electron chi connectivity index (χ4n) is 1.99. The molecule has 1 heterocycles. The zero-order chi connectivity index (χ0) is 16.7. The maximum Gasteiger partial charge on any atom is 0.416 e. The third-order valence-electron chi connectivity index (χ3n) is 3.13. The van der Waals surface area contributed by atoms with Crippen molar-refractivity contribution in [2.24, 2.45) is 4.99 Å². The minimum atomic E-state index is -4.33. The van der Waals surface area contributed by atoms with E-state index in [9.17, 15) is 13.2 Å². The second kappa shape index (κ2) is 7.66. The standard InChI is InChI=1S/C15H18F3N5/c1-19-14(20-7-9-23-8-3-6-22-23)21-11-12-4-2-5-13(10-12)15(16,17)18/h2-6,8,10H,7,9,11H2,1H3,(H2,19,20,21). The molecule has 0 radical (unpaired) electrons. The number of nitrogens with zero attached hydrogens (tertiary/aromatic N) is 3. The monoisotopic (exact) mass is 325 g/mol. The predicted molar refractivity (Wildman–Crippen MR) is 81.9 cm³/mol. The molecule has 2 rings (SSSR count). The molecule has 0 saturated heterocycles. The summed E-state index contributed by atoms with van der Waals surface area (Å²) in [6, 6.07) is 7.05. The van der Waals surface area contributed by atoms with Gasteiger partial charge in [0.15, 0.2) is 5.96 Å². The Morgan fingerprint density at radius 1 is 1.26 bits per heavy atom. The van der Waals surface area contributed by atoms with Gasteiger partial charge in [0, 0.05) is 32.5 Å². The summed E-state index contributed by atoms with van der Waals surface area (Å²) in [5.74, 6) is 0.523. The average molecular weight is 325 g/mol. The molecule has 1 aromatic heterocycles. The number of alkyl halides is 3. The summed E-state index contributed by atoms with van der Waals surface area (Å²) in [6.45, 7) is 1.52. The van der Waals surface area contributed by atoms with E-state index in [1.807, 2.05) is 12.3 Å². The minimum Gasteiger partial charge on any atom is -0.355 e. The Labute approximate surface area is 132 Å². The molecule has 0 spiro atoms. The smallest absolute Gasteiger partial charge is 0.355 e. The van der Waals surface area contributed by atoms with Gasteiger partial charge in [-0.3, -0.25) is 9.67 Å². The summed E-state index contributed by atoms with van der Waals surface area (Å²) in [5.41, 5.74) is -0.117. The third kappa shape index (κ3) is 5.32. The molecule has 0 aliphatic heterocycles. The first-order chi connectivity index (χ1) is 11.0. The molecular weight excluding hydrogens is 307 g/mol. The van der Waals surface area contributed by atoms with Crippen LogP contribution < -0.4 is 10.6 Å². The van der Waals surface area contributed by atoms with Gasteiger partial charge in [0.25, 0.3) is 0 Å². The van der Waals surface area contributed by atoms with E-state index >= 15 is 0 Å². The van der Waals surface area contributed by atoms with Crippen molar-refractivity contribution in [2.45, 2.75) is 19.3 Å². The van der Waals surface area contributed by atoms with E-state index in [2.05, 4.69) is 20.7 Å². The van der Waals surface area contributed by atoms with E-state index in [0.29, 0.717) is 24.6 Å². The molecule has 23 heavy (non-hydrogen) atoms. The Kier molecular flexibility index (Phi) is 5.61. The van der Waals surface area contributed by atoms with Crippen molar-refractivity contribution >= 4 is 5.96 Å². The Balaban J connectivity index is 1.83. The van der Waals surface area contributed by atoms with E-state index in [4.69, 9.17) is 0 Å². The van der Waals surface area contributed by atoms with Crippen LogP contribution in [-0.2, 0) is 19.3 Å².